The number of nitrogens with one attached hydrogen (secondary N) is 1. The van der Waals surface area contributed by atoms with Crippen molar-refractivity contribution >= 4 is 5.91 Å². The summed E-state index contributed by atoms with van der Waals surface area (Å²) in [5.74, 6) is -0.0274. The van der Waals surface area contributed by atoms with Gasteiger partial charge in [0.15, 0.2) is 0 Å². The van der Waals surface area contributed by atoms with Gasteiger partial charge in [0.2, 0.25) is 5.91 Å². The third-order valence-electron chi connectivity index (χ3n) is 14.7. The summed E-state index contributed by atoms with van der Waals surface area (Å²) < 4.78 is 0. The molecule has 73 heavy (non-hydrogen) atoms. The molecular formula is C69H125NO3. The molecule has 0 saturated carbocycles. The van der Waals surface area contributed by atoms with E-state index in [2.05, 4.69) is 104 Å². The fraction of sp³-hybridized carbons (Fsp3) is 0.783. The second-order valence-corrected chi connectivity index (χ2v) is 21.8. The number of hydrogen-bond donors (Lipinski definition) is 3. The normalized spacial score (nSPS) is 13.3. The maximum atomic E-state index is 12.5. The van der Waals surface area contributed by atoms with Crippen LogP contribution in [0.1, 0.15) is 328 Å². The van der Waals surface area contributed by atoms with E-state index in [4.69, 9.17) is 0 Å². The first-order chi connectivity index (χ1) is 36.2. The highest BCUT2D eigenvalue weighted by atomic mass is 16.3. The fourth-order valence-electron chi connectivity index (χ4n) is 9.82. The molecule has 0 aromatic rings. The predicted octanol–water partition coefficient (Wildman–Crippen LogP) is 21.9. The Morgan fingerprint density at radius 1 is 0.342 bits per heavy atom. The van der Waals surface area contributed by atoms with Crippen LogP contribution in [0.5, 0.6) is 0 Å². The van der Waals surface area contributed by atoms with E-state index in [0.29, 0.717) is 12.8 Å². The summed E-state index contributed by atoms with van der Waals surface area (Å²) in [5.41, 5.74) is 0. The molecule has 0 saturated heterocycles. The fourth-order valence-corrected chi connectivity index (χ4v) is 9.82. The highest BCUT2D eigenvalue weighted by Crippen LogP contribution is 2.18. The Kier molecular flexibility index (Phi) is 61.7. The summed E-state index contributed by atoms with van der Waals surface area (Å²) in [4.78, 5) is 12.5. The largest absolute Gasteiger partial charge is 0.394 e. The van der Waals surface area contributed by atoms with Crippen molar-refractivity contribution in [2.75, 3.05) is 6.61 Å². The Morgan fingerprint density at radius 3 is 0.904 bits per heavy atom. The Morgan fingerprint density at radius 2 is 0.603 bits per heavy atom. The molecule has 4 nitrogen and oxygen atoms in total. The Labute approximate surface area is 456 Å². The zero-order chi connectivity index (χ0) is 52.7. The van der Waals surface area contributed by atoms with Crippen molar-refractivity contribution in [2.24, 2.45) is 0 Å². The second kappa shape index (κ2) is 63.9. The molecule has 0 aromatic heterocycles. The minimum absolute atomic E-state index is 0.0274. The maximum absolute atomic E-state index is 12.5. The van der Waals surface area contributed by atoms with Crippen LogP contribution in [0.15, 0.2) is 85.1 Å². The van der Waals surface area contributed by atoms with Crippen molar-refractivity contribution in [2.45, 2.75) is 341 Å². The lowest BCUT2D eigenvalue weighted by Crippen LogP contribution is -2.45. The molecule has 0 radical (unpaired) electrons. The number of allylic oxidation sites excluding steroid dienone is 14. The molecule has 0 aromatic carbocycles. The van der Waals surface area contributed by atoms with Crippen LogP contribution in [0, 0.1) is 0 Å². The van der Waals surface area contributed by atoms with Gasteiger partial charge in [0.1, 0.15) is 0 Å². The monoisotopic (exact) mass is 1020 g/mol. The van der Waals surface area contributed by atoms with E-state index in [0.717, 1.165) is 70.6 Å². The summed E-state index contributed by atoms with van der Waals surface area (Å²) in [7, 11) is 0. The zero-order valence-electron chi connectivity index (χ0n) is 48.9. The van der Waals surface area contributed by atoms with E-state index in [1.165, 1.54) is 231 Å². The van der Waals surface area contributed by atoms with Crippen molar-refractivity contribution in [3.8, 4) is 0 Å². The molecular weight excluding hydrogens is 891 g/mol. The van der Waals surface area contributed by atoms with Gasteiger partial charge in [-0.15, -0.1) is 0 Å². The van der Waals surface area contributed by atoms with Crippen molar-refractivity contribution < 1.29 is 15.0 Å². The van der Waals surface area contributed by atoms with Gasteiger partial charge in [-0.25, -0.2) is 0 Å². The lowest BCUT2D eigenvalue weighted by atomic mass is 10.0. The topological polar surface area (TPSA) is 69.6 Å². The molecule has 1 amide bonds. The number of amides is 1. The second-order valence-electron chi connectivity index (χ2n) is 21.8. The van der Waals surface area contributed by atoms with E-state index in [1.54, 1.807) is 0 Å². The van der Waals surface area contributed by atoms with Gasteiger partial charge < -0.3 is 15.5 Å². The highest BCUT2D eigenvalue weighted by Gasteiger charge is 2.20. The van der Waals surface area contributed by atoms with Crippen LogP contribution in [0.25, 0.3) is 0 Å². The Bertz CT molecular complexity index is 1290. The Balaban J connectivity index is 3.44. The van der Waals surface area contributed by atoms with E-state index in [9.17, 15) is 15.0 Å². The van der Waals surface area contributed by atoms with Crippen LogP contribution < -0.4 is 5.32 Å². The van der Waals surface area contributed by atoms with Crippen LogP contribution in [0.4, 0.5) is 0 Å². The van der Waals surface area contributed by atoms with Crippen molar-refractivity contribution in [1.29, 1.82) is 0 Å². The van der Waals surface area contributed by atoms with Gasteiger partial charge in [-0.2, -0.15) is 0 Å². The average molecular weight is 1020 g/mol. The molecule has 0 aliphatic heterocycles. The maximum Gasteiger partial charge on any atom is 0.220 e. The van der Waals surface area contributed by atoms with E-state index in [1.807, 2.05) is 0 Å². The molecule has 2 unspecified atom stereocenters. The SMILES string of the molecule is CC/C=C\C/C=C\C/C=C\C/C=C\C/C=C\C/C=C\C/C=C\CCCCCCCCCCCCCCCCCCCCCC(=O)NC(CO)C(O)CCCCCCCCCCCCCCCCCCCCCC. The van der Waals surface area contributed by atoms with Gasteiger partial charge in [-0.3, -0.25) is 4.79 Å². The number of hydrogen-bond acceptors (Lipinski definition) is 3. The molecule has 0 rings (SSSR count). The number of rotatable bonds is 59. The predicted molar refractivity (Wildman–Crippen MR) is 327 cm³/mol. The summed E-state index contributed by atoms with van der Waals surface area (Å²) in [5, 5.41) is 23.4. The molecule has 4 heteroatoms. The number of aliphatic hydroxyl groups is 2. The smallest absolute Gasteiger partial charge is 0.220 e. The summed E-state index contributed by atoms with van der Waals surface area (Å²) in [6.45, 7) is 4.27. The lowest BCUT2D eigenvalue weighted by molar-refractivity contribution is -0.123. The van der Waals surface area contributed by atoms with Gasteiger partial charge in [-0.05, 0) is 70.6 Å². The van der Waals surface area contributed by atoms with E-state index < -0.39 is 12.1 Å². The van der Waals surface area contributed by atoms with Gasteiger partial charge in [0.05, 0.1) is 18.8 Å². The van der Waals surface area contributed by atoms with Crippen LogP contribution in [-0.4, -0.2) is 34.9 Å². The molecule has 3 N–H and O–H groups in total. The first-order valence-corrected chi connectivity index (χ1v) is 32.3. The average Bonchev–Trinajstić information content (AvgIpc) is 3.40. The molecule has 0 heterocycles. The standard InChI is InChI=1S/C69H125NO3/c1-3-5-7-9-11-13-15-17-19-21-23-25-26-27-28-29-30-31-32-33-34-35-36-37-38-39-40-41-42-43-44-45-47-49-51-53-55-57-59-61-63-65-69(73)70-67(66-71)68(72)64-62-60-58-56-54-52-50-48-46-24-22-20-18-16-14-12-10-8-6-4-2/h5,7,11,13,17,19,23,25,27-28,30-31,33-34,67-68,71-72H,3-4,6,8-10,12,14-16,18,20-22,24,26,29,32,35-66H2,1-2H3,(H,70,73)/b7-5-,13-11-,19-17-,25-23-,28-27-,31-30-,34-33-. The number of aliphatic hydroxyl groups excluding tert-OH is 2. The van der Waals surface area contributed by atoms with Crippen LogP contribution in [0.3, 0.4) is 0 Å². The number of carbonyl (C=O) groups is 1. The first kappa shape index (κ1) is 70.6. The Hall–Kier alpha value is -2.43. The molecule has 0 aliphatic carbocycles. The molecule has 424 valence electrons. The molecule has 0 aliphatic rings. The van der Waals surface area contributed by atoms with Crippen molar-refractivity contribution in [3.63, 3.8) is 0 Å². The van der Waals surface area contributed by atoms with Gasteiger partial charge in [0, 0.05) is 6.42 Å². The molecule has 0 bridgehead atoms. The highest BCUT2D eigenvalue weighted by molar-refractivity contribution is 5.76. The number of unbranched alkanes of at least 4 members (excludes halogenated alkanes) is 38. The first-order valence-electron chi connectivity index (χ1n) is 32.3. The van der Waals surface area contributed by atoms with Crippen LogP contribution in [-0.2, 0) is 4.79 Å². The summed E-state index contributed by atoms with van der Waals surface area (Å²) in [6, 6.07) is -0.539. The minimum atomic E-state index is -0.662. The van der Waals surface area contributed by atoms with E-state index >= 15 is 0 Å². The van der Waals surface area contributed by atoms with Gasteiger partial charge in [-0.1, -0.05) is 336 Å². The third-order valence-corrected chi connectivity index (χ3v) is 14.7. The molecule has 0 spiro atoms. The number of carbonyl (C=O) groups excluding carboxylic acids is 1. The van der Waals surface area contributed by atoms with Crippen LogP contribution >= 0.6 is 0 Å². The van der Waals surface area contributed by atoms with Crippen molar-refractivity contribution in [3.05, 3.63) is 85.1 Å². The minimum Gasteiger partial charge on any atom is -0.394 e. The summed E-state index contributed by atoms with van der Waals surface area (Å²) in [6.07, 6.45) is 93.2. The zero-order valence-corrected chi connectivity index (χ0v) is 48.9. The lowest BCUT2D eigenvalue weighted by Gasteiger charge is -2.22. The molecule has 0 fully saturated rings. The molecule has 2 atom stereocenters. The van der Waals surface area contributed by atoms with Crippen molar-refractivity contribution in [1.82, 2.24) is 5.32 Å². The van der Waals surface area contributed by atoms with E-state index in [-0.39, 0.29) is 12.5 Å². The quantitative estimate of drug-likeness (QED) is 0.0420. The third kappa shape index (κ3) is 60.3. The van der Waals surface area contributed by atoms with Gasteiger partial charge in [0.25, 0.3) is 0 Å². The summed E-state index contributed by atoms with van der Waals surface area (Å²) >= 11 is 0. The van der Waals surface area contributed by atoms with Gasteiger partial charge >= 0.3 is 0 Å². The van der Waals surface area contributed by atoms with Crippen LogP contribution in [0.2, 0.25) is 0 Å².